The molecule has 1 atom stereocenters. The van der Waals surface area contributed by atoms with Crippen molar-refractivity contribution in [3.8, 4) is 6.07 Å². The lowest BCUT2D eigenvalue weighted by Crippen LogP contribution is -2.31. The molecule has 2 heterocycles. The van der Waals surface area contributed by atoms with Crippen molar-refractivity contribution in [2.75, 3.05) is 11.1 Å². The summed E-state index contributed by atoms with van der Waals surface area (Å²) in [4.78, 5) is 29.4. The second kappa shape index (κ2) is 9.19. The number of aromatic nitrogens is 1. The van der Waals surface area contributed by atoms with Crippen LogP contribution in [0.3, 0.4) is 0 Å². The Morgan fingerprint density at radius 3 is 2.94 bits per heavy atom. The zero-order valence-corrected chi connectivity index (χ0v) is 18.0. The number of carbonyl (C=O) groups excluding carboxylic acids is 2. The summed E-state index contributed by atoms with van der Waals surface area (Å²) in [6.45, 7) is 1.97. The molecule has 1 unspecified atom stereocenters. The summed E-state index contributed by atoms with van der Waals surface area (Å²) >= 11 is 1.29. The summed E-state index contributed by atoms with van der Waals surface area (Å²) in [7, 11) is 0. The van der Waals surface area contributed by atoms with Crippen LogP contribution in [0.15, 0.2) is 70.7 Å². The lowest BCUT2D eigenvalue weighted by Gasteiger charge is -2.33. The minimum atomic E-state index is -0.454. The SMILES string of the molecule is Cc1cccc(NC(=O)CSC2=C(C#N)C(c3cccnc3)C3=C(CCCC3=O)N2)c1. The number of carbonyl (C=O) groups is 2. The third kappa shape index (κ3) is 4.54. The molecule has 1 aromatic carbocycles. The number of aryl methyl sites for hydroxylation is 1. The Balaban J connectivity index is 1.59. The first-order valence-corrected chi connectivity index (χ1v) is 11.1. The van der Waals surface area contributed by atoms with Crippen molar-refractivity contribution in [2.24, 2.45) is 0 Å². The number of nitrogens with zero attached hydrogens (tertiary/aromatic N) is 2. The van der Waals surface area contributed by atoms with Gasteiger partial charge in [-0.25, -0.2) is 0 Å². The van der Waals surface area contributed by atoms with Gasteiger partial charge >= 0.3 is 0 Å². The van der Waals surface area contributed by atoms with Gasteiger partial charge in [0.1, 0.15) is 0 Å². The van der Waals surface area contributed by atoms with Gasteiger partial charge in [0, 0.05) is 35.8 Å². The Bertz CT molecular complexity index is 1130. The molecule has 1 amide bonds. The van der Waals surface area contributed by atoms with Crippen molar-refractivity contribution >= 4 is 29.1 Å². The van der Waals surface area contributed by atoms with Crippen molar-refractivity contribution < 1.29 is 9.59 Å². The molecule has 0 radical (unpaired) electrons. The summed E-state index contributed by atoms with van der Waals surface area (Å²) in [5.41, 5.74) is 4.58. The molecule has 31 heavy (non-hydrogen) atoms. The molecule has 0 fully saturated rings. The van der Waals surface area contributed by atoms with Crippen molar-refractivity contribution in [1.82, 2.24) is 10.3 Å². The second-order valence-electron chi connectivity index (χ2n) is 7.57. The largest absolute Gasteiger partial charge is 0.352 e. The summed E-state index contributed by atoms with van der Waals surface area (Å²) in [5.74, 6) is -0.390. The van der Waals surface area contributed by atoms with Crippen molar-refractivity contribution in [1.29, 1.82) is 5.26 Å². The van der Waals surface area contributed by atoms with Gasteiger partial charge in [0.25, 0.3) is 0 Å². The molecule has 6 nitrogen and oxygen atoms in total. The first-order chi connectivity index (χ1) is 15.1. The van der Waals surface area contributed by atoms with Crippen molar-refractivity contribution in [2.45, 2.75) is 32.1 Å². The number of ketones is 1. The van der Waals surface area contributed by atoms with Crippen LogP contribution in [0.5, 0.6) is 0 Å². The first kappa shape index (κ1) is 20.9. The average Bonchev–Trinajstić information content (AvgIpc) is 2.77. The number of hydrogen-bond donors (Lipinski definition) is 2. The van der Waals surface area contributed by atoms with E-state index in [4.69, 9.17) is 0 Å². The number of benzene rings is 1. The van der Waals surface area contributed by atoms with Crippen LogP contribution in [-0.2, 0) is 9.59 Å². The Kier molecular flexibility index (Phi) is 6.19. The lowest BCUT2D eigenvalue weighted by atomic mass is 9.77. The maximum atomic E-state index is 12.8. The number of allylic oxidation sites excluding steroid dienone is 3. The highest BCUT2D eigenvalue weighted by Crippen LogP contribution is 2.43. The van der Waals surface area contributed by atoms with Gasteiger partial charge in [-0.1, -0.05) is 30.0 Å². The van der Waals surface area contributed by atoms with E-state index in [2.05, 4.69) is 21.7 Å². The van der Waals surface area contributed by atoms with E-state index < -0.39 is 5.92 Å². The highest BCUT2D eigenvalue weighted by Gasteiger charge is 2.37. The molecule has 2 aromatic rings. The van der Waals surface area contributed by atoms with E-state index in [-0.39, 0.29) is 17.4 Å². The predicted octanol–water partition coefficient (Wildman–Crippen LogP) is 4.19. The number of thioether (sulfide) groups is 1. The zero-order valence-electron chi connectivity index (χ0n) is 17.1. The van der Waals surface area contributed by atoms with E-state index in [1.807, 2.05) is 43.3 Å². The number of nitrogens with one attached hydrogen (secondary N) is 2. The van der Waals surface area contributed by atoms with E-state index in [0.717, 1.165) is 35.4 Å². The molecule has 2 aliphatic rings. The number of amides is 1. The summed E-state index contributed by atoms with van der Waals surface area (Å²) < 4.78 is 0. The van der Waals surface area contributed by atoms with Gasteiger partial charge in [-0.2, -0.15) is 5.26 Å². The van der Waals surface area contributed by atoms with Crippen LogP contribution in [0.4, 0.5) is 5.69 Å². The molecule has 7 heteroatoms. The Morgan fingerprint density at radius 2 is 2.19 bits per heavy atom. The molecule has 2 N–H and O–H groups in total. The molecule has 0 spiro atoms. The van der Waals surface area contributed by atoms with Crippen molar-refractivity contribution in [3.63, 3.8) is 0 Å². The monoisotopic (exact) mass is 430 g/mol. The standard InChI is InChI=1S/C24H22N4O2S/c1-15-5-2-7-17(11-15)27-21(30)14-31-24-18(12-25)22(16-6-4-10-26-13-16)23-19(28-24)8-3-9-20(23)29/h2,4-7,10-11,13,22,28H,3,8-9,14H2,1H3,(H,27,30). The van der Waals surface area contributed by atoms with Crippen molar-refractivity contribution in [3.05, 3.63) is 81.8 Å². The normalized spacial score (nSPS) is 18.2. The topological polar surface area (TPSA) is 94.9 Å². The second-order valence-corrected chi connectivity index (χ2v) is 8.56. The van der Waals surface area contributed by atoms with Crippen LogP contribution < -0.4 is 10.6 Å². The number of hydrogen-bond acceptors (Lipinski definition) is 6. The van der Waals surface area contributed by atoms with E-state index >= 15 is 0 Å². The number of Topliss-reactive ketones (excluding diaryl/α,β-unsaturated/α-hetero) is 1. The van der Waals surface area contributed by atoms with Crippen LogP contribution in [0.1, 0.15) is 36.3 Å². The fraction of sp³-hybridized carbons (Fsp3) is 0.250. The Hall–Kier alpha value is -3.37. The molecule has 4 rings (SSSR count). The highest BCUT2D eigenvalue weighted by molar-refractivity contribution is 8.03. The lowest BCUT2D eigenvalue weighted by molar-refractivity contribution is -0.116. The van der Waals surface area contributed by atoms with E-state index in [1.54, 1.807) is 12.4 Å². The van der Waals surface area contributed by atoms with Crippen LogP contribution in [0.25, 0.3) is 0 Å². The highest BCUT2D eigenvalue weighted by atomic mass is 32.2. The molecule has 0 bridgehead atoms. The number of rotatable bonds is 5. The fourth-order valence-corrected chi connectivity index (χ4v) is 4.84. The van der Waals surface area contributed by atoms with Gasteiger partial charge < -0.3 is 10.6 Å². The maximum Gasteiger partial charge on any atom is 0.234 e. The molecule has 0 saturated heterocycles. The minimum absolute atomic E-state index is 0.0663. The van der Waals surface area contributed by atoms with Gasteiger partial charge in [-0.05, 0) is 49.1 Å². The summed E-state index contributed by atoms with van der Waals surface area (Å²) in [6.07, 6.45) is 5.38. The number of pyridine rings is 1. The van der Waals surface area contributed by atoms with E-state index in [0.29, 0.717) is 22.6 Å². The molecule has 1 aliphatic carbocycles. The number of dihydropyridines is 1. The van der Waals surface area contributed by atoms with Gasteiger partial charge in [0.2, 0.25) is 5.91 Å². The Morgan fingerprint density at radius 1 is 1.32 bits per heavy atom. The zero-order chi connectivity index (χ0) is 21.8. The quantitative estimate of drug-likeness (QED) is 0.739. The molecule has 1 aliphatic heterocycles. The average molecular weight is 431 g/mol. The summed E-state index contributed by atoms with van der Waals surface area (Å²) in [5, 5.41) is 16.8. The van der Waals surface area contributed by atoms with Gasteiger partial charge in [0.15, 0.2) is 5.78 Å². The van der Waals surface area contributed by atoms with E-state index in [1.165, 1.54) is 11.8 Å². The smallest absolute Gasteiger partial charge is 0.234 e. The van der Waals surface area contributed by atoms with Crippen LogP contribution >= 0.6 is 11.8 Å². The molecule has 1 aromatic heterocycles. The van der Waals surface area contributed by atoms with Gasteiger partial charge in [0.05, 0.1) is 28.3 Å². The fourth-order valence-electron chi connectivity index (χ4n) is 3.98. The third-order valence-corrected chi connectivity index (χ3v) is 6.35. The van der Waals surface area contributed by atoms with Gasteiger partial charge in [-0.15, -0.1) is 0 Å². The first-order valence-electron chi connectivity index (χ1n) is 10.1. The number of nitriles is 1. The van der Waals surface area contributed by atoms with Crippen LogP contribution in [-0.4, -0.2) is 22.4 Å². The Labute approximate surface area is 185 Å². The number of anilines is 1. The molecular formula is C24H22N4O2S. The maximum absolute atomic E-state index is 12.8. The predicted molar refractivity (Wildman–Crippen MR) is 121 cm³/mol. The minimum Gasteiger partial charge on any atom is -0.352 e. The van der Waals surface area contributed by atoms with Crippen LogP contribution in [0.2, 0.25) is 0 Å². The summed E-state index contributed by atoms with van der Waals surface area (Å²) in [6, 6.07) is 13.6. The molecule has 0 saturated carbocycles. The molecule has 156 valence electrons. The van der Waals surface area contributed by atoms with Crippen LogP contribution in [0, 0.1) is 18.3 Å². The molecular weight excluding hydrogens is 408 g/mol. The van der Waals surface area contributed by atoms with Gasteiger partial charge in [-0.3, -0.25) is 14.6 Å². The third-order valence-electron chi connectivity index (χ3n) is 5.33. The van der Waals surface area contributed by atoms with E-state index in [9.17, 15) is 14.9 Å².